The van der Waals surface area contributed by atoms with E-state index in [2.05, 4.69) is 6.92 Å². The molecule has 0 bridgehead atoms. The van der Waals surface area contributed by atoms with Crippen LogP contribution in [0, 0.1) is 6.92 Å². The standard InChI is InChI=1S/C31H46O6S/c1-3-4-5-6-7-8-9-10-11-12-13-17-24-35-25-29(37-31(32)28-18-15-14-16-19-28)26-36-38(33,34)30-22-20-27(2)21-23-30/h14-16,18-23,29H,3-13,17,24-26H2,1-2H3. The lowest BCUT2D eigenvalue weighted by atomic mass is 10.1. The van der Waals surface area contributed by atoms with Gasteiger partial charge in [0.15, 0.2) is 6.10 Å². The van der Waals surface area contributed by atoms with Crippen LogP contribution in [0.5, 0.6) is 0 Å². The average molecular weight is 547 g/mol. The highest BCUT2D eigenvalue weighted by atomic mass is 32.2. The predicted molar refractivity (Wildman–Crippen MR) is 152 cm³/mol. The molecule has 2 aromatic carbocycles. The Labute approximate surface area is 230 Å². The maximum absolute atomic E-state index is 12.6. The first kappa shape index (κ1) is 32.0. The van der Waals surface area contributed by atoms with Crippen molar-refractivity contribution in [2.45, 2.75) is 102 Å². The summed E-state index contributed by atoms with van der Waals surface area (Å²) < 4.78 is 41.7. The van der Waals surface area contributed by atoms with Crippen molar-refractivity contribution in [3.8, 4) is 0 Å². The van der Waals surface area contributed by atoms with Crippen molar-refractivity contribution in [3.63, 3.8) is 0 Å². The molecule has 0 aliphatic rings. The number of benzene rings is 2. The Morgan fingerprint density at radius 3 is 1.87 bits per heavy atom. The third-order valence-electron chi connectivity index (χ3n) is 6.45. The van der Waals surface area contributed by atoms with Crippen molar-refractivity contribution < 1.29 is 26.9 Å². The summed E-state index contributed by atoms with van der Waals surface area (Å²) in [7, 11) is -3.98. The second-order valence-electron chi connectivity index (χ2n) is 9.91. The molecule has 2 rings (SSSR count). The number of esters is 1. The van der Waals surface area contributed by atoms with Gasteiger partial charge in [0.05, 0.1) is 17.1 Å². The minimum absolute atomic E-state index is 0.0636. The first-order valence-corrected chi connectivity index (χ1v) is 15.6. The van der Waals surface area contributed by atoms with E-state index in [1.807, 2.05) is 13.0 Å². The van der Waals surface area contributed by atoms with Gasteiger partial charge in [-0.3, -0.25) is 4.18 Å². The van der Waals surface area contributed by atoms with Crippen molar-refractivity contribution in [1.29, 1.82) is 0 Å². The van der Waals surface area contributed by atoms with Crippen molar-refractivity contribution in [2.24, 2.45) is 0 Å². The van der Waals surface area contributed by atoms with Gasteiger partial charge in [0.1, 0.15) is 6.61 Å². The van der Waals surface area contributed by atoms with Crippen LogP contribution in [0.15, 0.2) is 59.5 Å². The van der Waals surface area contributed by atoms with Gasteiger partial charge in [0, 0.05) is 6.61 Å². The number of aryl methyl sites for hydroxylation is 1. The molecule has 1 atom stereocenters. The topological polar surface area (TPSA) is 78.9 Å². The van der Waals surface area contributed by atoms with E-state index < -0.39 is 22.2 Å². The highest BCUT2D eigenvalue weighted by Crippen LogP contribution is 2.15. The first-order chi connectivity index (χ1) is 18.4. The molecular weight excluding hydrogens is 500 g/mol. The zero-order valence-corrected chi connectivity index (χ0v) is 24.1. The highest BCUT2D eigenvalue weighted by Gasteiger charge is 2.22. The van der Waals surface area contributed by atoms with Gasteiger partial charge in [-0.15, -0.1) is 0 Å². The van der Waals surface area contributed by atoms with E-state index in [0.29, 0.717) is 12.2 Å². The van der Waals surface area contributed by atoms with Crippen molar-refractivity contribution in [1.82, 2.24) is 0 Å². The molecular formula is C31H46O6S. The van der Waals surface area contributed by atoms with Crippen LogP contribution in [0.3, 0.4) is 0 Å². The fourth-order valence-corrected chi connectivity index (χ4v) is 5.04. The number of carbonyl (C=O) groups excluding carboxylic acids is 1. The SMILES string of the molecule is CCCCCCCCCCCCCCOCC(COS(=O)(=O)c1ccc(C)cc1)OC(=O)c1ccccc1. The molecule has 0 heterocycles. The van der Waals surface area contributed by atoms with Crippen molar-refractivity contribution >= 4 is 16.1 Å². The summed E-state index contributed by atoms with van der Waals surface area (Å²) in [5, 5.41) is 0. The molecule has 0 fully saturated rings. The molecule has 0 saturated heterocycles. The number of hydrogen-bond donors (Lipinski definition) is 0. The van der Waals surface area contributed by atoms with Gasteiger partial charge in [-0.25, -0.2) is 4.79 Å². The van der Waals surface area contributed by atoms with E-state index in [-0.39, 0.29) is 18.1 Å². The minimum atomic E-state index is -3.98. The number of hydrogen-bond acceptors (Lipinski definition) is 6. The van der Waals surface area contributed by atoms with Crippen molar-refractivity contribution in [3.05, 3.63) is 65.7 Å². The summed E-state index contributed by atoms with van der Waals surface area (Å²) in [4.78, 5) is 12.6. The number of ether oxygens (including phenoxy) is 2. The number of unbranched alkanes of at least 4 members (excludes halogenated alkanes) is 11. The van der Waals surface area contributed by atoms with Crippen LogP contribution in [0.4, 0.5) is 0 Å². The van der Waals surface area contributed by atoms with Crippen LogP contribution in [0.1, 0.15) is 99.9 Å². The predicted octanol–water partition coefficient (Wildman–Crippen LogP) is 7.64. The molecule has 0 N–H and O–H groups in total. The number of rotatable bonds is 21. The van der Waals surface area contributed by atoms with E-state index in [1.165, 1.54) is 76.3 Å². The summed E-state index contributed by atoms with van der Waals surface area (Å²) in [6, 6.07) is 15.0. The van der Waals surface area contributed by atoms with E-state index in [1.54, 1.807) is 36.4 Å². The zero-order chi connectivity index (χ0) is 27.5. The van der Waals surface area contributed by atoms with Crippen LogP contribution >= 0.6 is 0 Å². The van der Waals surface area contributed by atoms with Crippen LogP contribution in [-0.4, -0.2) is 40.3 Å². The Balaban J connectivity index is 1.71. The first-order valence-electron chi connectivity index (χ1n) is 14.2. The normalized spacial score (nSPS) is 12.4. The highest BCUT2D eigenvalue weighted by molar-refractivity contribution is 7.86. The smallest absolute Gasteiger partial charge is 0.338 e. The summed E-state index contributed by atoms with van der Waals surface area (Å²) >= 11 is 0. The van der Waals surface area contributed by atoms with Gasteiger partial charge in [-0.05, 0) is 37.6 Å². The fraction of sp³-hybridized carbons (Fsp3) is 0.581. The van der Waals surface area contributed by atoms with Crippen molar-refractivity contribution in [2.75, 3.05) is 19.8 Å². The maximum atomic E-state index is 12.6. The Bertz CT molecular complexity index is 989. The van der Waals surface area contributed by atoms with E-state index in [0.717, 1.165) is 18.4 Å². The molecule has 0 aliphatic carbocycles. The molecule has 0 spiro atoms. The quantitative estimate of drug-likeness (QED) is 0.0909. The van der Waals surface area contributed by atoms with E-state index >= 15 is 0 Å². The van der Waals surface area contributed by atoms with Gasteiger partial charge in [-0.2, -0.15) is 8.42 Å². The van der Waals surface area contributed by atoms with Crippen LogP contribution < -0.4 is 0 Å². The fourth-order valence-electron chi connectivity index (χ4n) is 4.11. The Hall–Kier alpha value is -2.22. The Morgan fingerprint density at radius 2 is 1.29 bits per heavy atom. The lowest BCUT2D eigenvalue weighted by Crippen LogP contribution is -2.30. The lowest BCUT2D eigenvalue weighted by molar-refractivity contribution is -0.0196. The van der Waals surface area contributed by atoms with E-state index in [9.17, 15) is 13.2 Å². The molecule has 7 heteroatoms. The van der Waals surface area contributed by atoms with Gasteiger partial charge in [0.25, 0.3) is 10.1 Å². The molecule has 38 heavy (non-hydrogen) atoms. The summed E-state index contributed by atoms with van der Waals surface area (Å²) in [6.45, 7) is 4.41. The largest absolute Gasteiger partial charge is 0.454 e. The molecule has 0 aliphatic heterocycles. The third kappa shape index (κ3) is 13.5. The monoisotopic (exact) mass is 546 g/mol. The molecule has 2 aromatic rings. The molecule has 1 unspecified atom stereocenters. The minimum Gasteiger partial charge on any atom is -0.454 e. The number of carbonyl (C=O) groups is 1. The average Bonchev–Trinajstić information content (AvgIpc) is 2.92. The van der Waals surface area contributed by atoms with Crippen LogP contribution in [-0.2, 0) is 23.8 Å². The lowest BCUT2D eigenvalue weighted by Gasteiger charge is -2.18. The van der Waals surface area contributed by atoms with Gasteiger partial charge in [-0.1, -0.05) is 113 Å². The maximum Gasteiger partial charge on any atom is 0.338 e. The second kappa shape index (κ2) is 18.9. The summed E-state index contributed by atoms with van der Waals surface area (Å²) in [5.41, 5.74) is 1.34. The van der Waals surface area contributed by atoms with E-state index in [4.69, 9.17) is 13.7 Å². The summed E-state index contributed by atoms with van der Waals surface area (Å²) in [6.07, 6.45) is 14.3. The Kier molecular flexibility index (Phi) is 15.9. The molecule has 0 amide bonds. The molecule has 0 saturated carbocycles. The molecule has 212 valence electrons. The molecule has 0 radical (unpaired) electrons. The van der Waals surface area contributed by atoms with Gasteiger partial charge < -0.3 is 9.47 Å². The Morgan fingerprint density at radius 1 is 0.737 bits per heavy atom. The van der Waals surface area contributed by atoms with Crippen LogP contribution in [0.2, 0.25) is 0 Å². The van der Waals surface area contributed by atoms with Gasteiger partial charge in [0.2, 0.25) is 0 Å². The summed E-state index contributed by atoms with van der Waals surface area (Å²) in [5.74, 6) is -0.541. The second-order valence-corrected chi connectivity index (χ2v) is 11.5. The third-order valence-corrected chi connectivity index (χ3v) is 7.74. The van der Waals surface area contributed by atoms with Gasteiger partial charge >= 0.3 is 5.97 Å². The molecule has 6 nitrogen and oxygen atoms in total. The zero-order valence-electron chi connectivity index (χ0n) is 23.2. The molecule has 0 aromatic heterocycles. The van der Waals surface area contributed by atoms with Crippen LogP contribution in [0.25, 0.3) is 0 Å².